The average molecular weight is 1040 g/mol. The van der Waals surface area contributed by atoms with Gasteiger partial charge >= 0.3 is 0 Å². The van der Waals surface area contributed by atoms with Crippen LogP contribution in [0.2, 0.25) is 0 Å². The highest BCUT2D eigenvalue weighted by Gasteiger charge is 2.38. The van der Waals surface area contributed by atoms with Gasteiger partial charge in [-0.2, -0.15) is 0 Å². The number of hydrogen-bond acceptors (Lipinski definition) is 4. The molecule has 0 amide bonds. The van der Waals surface area contributed by atoms with Crippen LogP contribution in [0.3, 0.4) is 0 Å². The molecule has 0 heterocycles. The van der Waals surface area contributed by atoms with Crippen molar-refractivity contribution in [3.8, 4) is 55.6 Å². The Morgan fingerprint density at radius 3 is 1.15 bits per heavy atom. The molecule has 17 aromatic carbocycles. The van der Waals surface area contributed by atoms with Gasteiger partial charge < -0.3 is 21.3 Å². The molecule has 0 saturated carbocycles. The molecule has 3 aliphatic carbocycles. The highest BCUT2D eigenvalue weighted by atomic mass is 14.9. The van der Waals surface area contributed by atoms with Crippen LogP contribution in [0.4, 0.5) is 22.7 Å². The summed E-state index contributed by atoms with van der Waals surface area (Å²) in [5.74, 6) is 0.296. The zero-order valence-electron chi connectivity index (χ0n) is 45.7. The van der Waals surface area contributed by atoms with E-state index in [4.69, 9.17) is 0 Å². The van der Waals surface area contributed by atoms with Gasteiger partial charge in [-0.15, -0.1) is 0 Å². The molecule has 0 radical (unpaired) electrons. The predicted octanol–water partition coefficient (Wildman–Crippen LogP) is 20.0. The lowest BCUT2D eigenvalue weighted by molar-refractivity contribution is 0.881. The SMILES string of the molecule is CNc1ccc(NC)c2c1-c1ccc3c4c1C2CC=c4c1ccc2c4c(-c5ccccc5)c5c6ccc7c8ccc9c%10c(ccc(c%11ccc(c5c(-c5ccccc5)c4c4ccc3c1c24)c6c7%11)c%108)-c1c-9c(NC)c2ccccc2c1NC. The third-order valence-electron chi connectivity index (χ3n) is 20.4. The topological polar surface area (TPSA) is 48.1 Å². The number of anilines is 4. The van der Waals surface area contributed by atoms with Gasteiger partial charge in [0.1, 0.15) is 0 Å². The second-order valence-corrected chi connectivity index (χ2v) is 23.5. The molecule has 1 unspecified atom stereocenters. The maximum atomic E-state index is 3.68. The van der Waals surface area contributed by atoms with E-state index in [1.807, 2.05) is 0 Å². The van der Waals surface area contributed by atoms with E-state index in [1.165, 1.54) is 224 Å². The van der Waals surface area contributed by atoms with Gasteiger partial charge in [0.15, 0.2) is 0 Å². The summed E-state index contributed by atoms with van der Waals surface area (Å²) in [6.45, 7) is 0. The zero-order valence-corrected chi connectivity index (χ0v) is 45.7. The molecule has 3 aliphatic rings. The molecular weight excluding hydrogens is 993 g/mol. The van der Waals surface area contributed by atoms with Crippen molar-refractivity contribution in [3.63, 3.8) is 0 Å². The van der Waals surface area contributed by atoms with Crippen LogP contribution in [-0.4, -0.2) is 28.2 Å². The molecule has 4 nitrogen and oxygen atoms in total. The average Bonchev–Trinajstić information content (AvgIpc) is 1.67. The van der Waals surface area contributed by atoms with Crippen molar-refractivity contribution in [3.05, 3.63) is 198 Å². The predicted molar refractivity (Wildman–Crippen MR) is 355 cm³/mol. The van der Waals surface area contributed by atoms with Gasteiger partial charge in [0.05, 0.1) is 11.4 Å². The van der Waals surface area contributed by atoms with E-state index in [0.29, 0.717) is 5.92 Å². The number of rotatable bonds is 6. The molecule has 4 N–H and O–H groups in total. The Labute approximate surface area is 471 Å². The van der Waals surface area contributed by atoms with Crippen molar-refractivity contribution in [1.82, 2.24) is 0 Å². The third kappa shape index (κ3) is 4.83. The number of fused-ring (bicyclic) bond motifs is 17. The first-order chi connectivity index (χ1) is 40.6. The first-order valence-corrected chi connectivity index (χ1v) is 29.1. The van der Waals surface area contributed by atoms with E-state index < -0.39 is 0 Å². The van der Waals surface area contributed by atoms with Crippen molar-refractivity contribution in [1.29, 1.82) is 0 Å². The summed E-state index contributed by atoms with van der Waals surface area (Å²) in [5, 5.41) is 47.9. The van der Waals surface area contributed by atoms with E-state index in [2.05, 4.69) is 238 Å². The van der Waals surface area contributed by atoms with Crippen LogP contribution in [0, 0.1) is 0 Å². The van der Waals surface area contributed by atoms with Gasteiger partial charge in [0.2, 0.25) is 0 Å². The van der Waals surface area contributed by atoms with Crippen molar-refractivity contribution in [2.45, 2.75) is 12.3 Å². The molecule has 0 saturated heterocycles. The summed E-state index contributed by atoms with van der Waals surface area (Å²) in [7, 11) is 8.27. The second-order valence-electron chi connectivity index (χ2n) is 23.5. The molecule has 1 atom stereocenters. The van der Waals surface area contributed by atoms with Crippen molar-refractivity contribution < 1.29 is 0 Å². The van der Waals surface area contributed by atoms with Crippen LogP contribution < -0.4 is 26.5 Å². The fourth-order valence-electron chi connectivity index (χ4n) is 17.6. The fraction of sp³-hybridized carbons (Fsp3) is 0.0769. The van der Waals surface area contributed by atoms with Crippen LogP contribution in [0.5, 0.6) is 0 Å². The van der Waals surface area contributed by atoms with E-state index in [-0.39, 0.29) is 0 Å². The molecule has 0 aromatic heterocycles. The Bertz CT molecular complexity index is 5650. The Morgan fingerprint density at radius 1 is 0.268 bits per heavy atom. The van der Waals surface area contributed by atoms with Gasteiger partial charge in [-0.3, -0.25) is 0 Å². The molecule has 0 aliphatic heterocycles. The van der Waals surface area contributed by atoms with E-state index in [0.717, 1.165) is 6.42 Å². The maximum Gasteiger partial charge on any atom is 0.0505 e. The number of benzene rings is 15. The van der Waals surface area contributed by atoms with Crippen LogP contribution >= 0.6 is 0 Å². The van der Waals surface area contributed by atoms with Crippen molar-refractivity contribution >= 4 is 158 Å². The molecule has 0 spiro atoms. The van der Waals surface area contributed by atoms with E-state index in [9.17, 15) is 0 Å². The van der Waals surface area contributed by atoms with Crippen molar-refractivity contribution in [2.75, 3.05) is 49.5 Å². The molecule has 82 heavy (non-hydrogen) atoms. The monoisotopic (exact) mass is 1040 g/mol. The normalized spacial score (nSPS) is 14.3. The summed E-state index contributed by atoms with van der Waals surface area (Å²) < 4.78 is 0. The van der Waals surface area contributed by atoms with E-state index >= 15 is 0 Å². The first kappa shape index (κ1) is 43.7. The molecule has 4 heteroatoms. The molecule has 20 rings (SSSR count). The Balaban J connectivity index is 0.927. The van der Waals surface area contributed by atoms with Crippen LogP contribution in [0.15, 0.2) is 182 Å². The minimum Gasteiger partial charge on any atom is -0.388 e. The second kappa shape index (κ2) is 15.0. The van der Waals surface area contributed by atoms with Crippen molar-refractivity contribution in [2.24, 2.45) is 0 Å². The van der Waals surface area contributed by atoms with E-state index in [1.54, 1.807) is 0 Å². The summed E-state index contributed by atoms with van der Waals surface area (Å²) in [4.78, 5) is 0. The fourth-order valence-corrected chi connectivity index (χ4v) is 17.6. The third-order valence-corrected chi connectivity index (χ3v) is 20.4. The number of nitrogens with one attached hydrogen (secondary N) is 4. The minimum atomic E-state index is 0.296. The lowest BCUT2D eigenvalue weighted by Gasteiger charge is -2.23. The Hall–Kier alpha value is -10.2. The molecule has 0 fully saturated rings. The lowest BCUT2D eigenvalue weighted by atomic mass is 9.81. The molecule has 382 valence electrons. The lowest BCUT2D eigenvalue weighted by Crippen LogP contribution is -2.15. The van der Waals surface area contributed by atoms with Gasteiger partial charge in [-0.05, 0) is 192 Å². The Kier molecular flexibility index (Phi) is 7.98. The summed E-state index contributed by atoms with van der Waals surface area (Å²) in [6, 6.07) is 70.5. The number of hydrogen-bond donors (Lipinski definition) is 4. The highest BCUT2D eigenvalue weighted by Crippen LogP contribution is 2.62. The molecule has 17 aromatic rings. The van der Waals surface area contributed by atoms with Gasteiger partial charge in [0, 0.05) is 72.9 Å². The summed E-state index contributed by atoms with van der Waals surface area (Å²) >= 11 is 0. The first-order valence-electron chi connectivity index (χ1n) is 29.1. The van der Waals surface area contributed by atoms with Crippen LogP contribution in [0.1, 0.15) is 23.5 Å². The maximum absolute atomic E-state index is 3.68. The smallest absolute Gasteiger partial charge is 0.0505 e. The molecular formula is C78H50N4. The highest BCUT2D eigenvalue weighted by molar-refractivity contribution is 6.51. The zero-order chi connectivity index (χ0) is 53.7. The van der Waals surface area contributed by atoms with Gasteiger partial charge in [-0.1, -0.05) is 176 Å². The molecule has 0 bridgehead atoms. The van der Waals surface area contributed by atoms with Gasteiger partial charge in [0.25, 0.3) is 0 Å². The Morgan fingerprint density at radius 2 is 0.659 bits per heavy atom. The minimum absolute atomic E-state index is 0.296. The summed E-state index contributed by atoms with van der Waals surface area (Å²) in [6.07, 6.45) is 3.54. The standard InChI is InChI=1S/C78H50N4/c1-79-57-35-36-58(80-2)70-50-28-20-40-42-22-30-52-66-51(29-21-41(62(42)66)39-19-27-49(69(57)70)65(50)61(39)40)71-59(37-13-7-5-8-14-37)73-53-31-23-43-45-25-33-55-68-56(76-75(55)77(81-3)47-17-11-12-18-48(47)78(76)82-4)34-26-46(64(45)68)44-24-32-54(67(53)63(43)44)74(73)60(72(52)71)38-15-9-6-10-16-38/h5-27,29-36,50,79-82H,28H2,1-4H3. The van der Waals surface area contributed by atoms with Gasteiger partial charge in [-0.25, -0.2) is 0 Å². The quantitative estimate of drug-likeness (QED) is 0.0762. The van der Waals surface area contributed by atoms with Crippen LogP contribution in [0.25, 0.3) is 191 Å². The van der Waals surface area contributed by atoms with Crippen LogP contribution in [-0.2, 0) is 0 Å². The summed E-state index contributed by atoms with van der Waals surface area (Å²) in [5.41, 5.74) is 20.7. The largest absolute Gasteiger partial charge is 0.388 e.